The highest BCUT2D eigenvalue weighted by Gasteiger charge is 1.80. The molecular weight excluding hydrogens is 229 g/mol. The maximum atomic E-state index is 9.98. The van der Waals surface area contributed by atoms with Gasteiger partial charge in [0.05, 0.1) is 0 Å². The topological polar surface area (TPSA) is 30.0 Å². The molecule has 0 aliphatic rings. The van der Waals surface area contributed by atoms with E-state index >= 15 is 0 Å². The molecule has 1 heterocycles. The monoisotopic (exact) mass is 235 g/mol. The van der Waals surface area contributed by atoms with Crippen LogP contribution in [0, 0.1) is 0 Å². The van der Waals surface area contributed by atoms with Crippen LogP contribution < -0.4 is 0 Å². The first-order valence-electron chi connectivity index (χ1n) is 2.28. The summed E-state index contributed by atoms with van der Waals surface area (Å²) in [6, 6.07) is 3.32. The molecule has 0 N–H and O–H groups in total. The molecule has 1 rings (SSSR count). The SMILES string of the molecule is I.O=Cc1ccncc1. The molecule has 1 aromatic heterocycles. The molecule has 0 radical (unpaired) electrons. The summed E-state index contributed by atoms with van der Waals surface area (Å²) >= 11 is 0. The molecule has 0 bridgehead atoms. The van der Waals surface area contributed by atoms with E-state index in [1.165, 1.54) is 0 Å². The summed E-state index contributed by atoms with van der Waals surface area (Å²) in [5, 5.41) is 0. The lowest BCUT2D eigenvalue weighted by atomic mass is 10.3. The van der Waals surface area contributed by atoms with Crippen LogP contribution in [0.25, 0.3) is 0 Å². The Bertz CT molecular complexity index is 176. The van der Waals surface area contributed by atoms with Crippen LogP contribution in [-0.4, -0.2) is 11.3 Å². The predicted octanol–water partition coefficient (Wildman–Crippen LogP) is 1.51. The minimum absolute atomic E-state index is 0. The Hall–Kier alpha value is -0.450. The van der Waals surface area contributed by atoms with Crippen LogP contribution >= 0.6 is 24.0 Å². The van der Waals surface area contributed by atoms with E-state index < -0.39 is 0 Å². The van der Waals surface area contributed by atoms with Gasteiger partial charge in [0.15, 0.2) is 0 Å². The van der Waals surface area contributed by atoms with Crippen molar-refractivity contribution in [3.8, 4) is 0 Å². The standard InChI is InChI=1S/C6H5NO.HI/c8-5-6-1-3-7-4-2-6;/h1-5H;1H. The number of nitrogens with zero attached hydrogens (tertiary/aromatic N) is 1. The van der Waals surface area contributed by atoms with E-state index in [-0.39, 0.29) is 24.0 Å². The van der Waals surface area contributed by atoms with Crippen molar-refractivity contribution in [2.75, 3.05) is 0 Å². The summed E-state index contributed by atoms with van der Waals surface area (Å²) in [6.45, 7) is 0. The second-order valence-electron chi connectivity index (χ2n) is 1.40. The fraction of sp³-hybridized carbons (Fsp3) is 0. The minimum Gasteiger partial charge on any atom is -0.298 e. The van der Waals surface area contributed by atoms with Gasteiger partial charge in [0.2, 0.25) is 0 Å². The van der Waals surface area contributed by atoms with Crippen molar-refractivity contribution in [3.63, 3.8) is 0 Å². The number of rotatable bonds is 1. The van der Waals surface area contributed by atoms with Gasteiger partial charge >= 0.3 is 0 Å². The van der Waals surface area contributed by atoms with Crippen molar-refractivity contribution >= 4 is 30.3 Å². The molecule has 3 heteroatoms. The third kappa shape index (κ3) is 2.55. The van der Waals surface area contributed by atoms with Crippen LogP contribution in [0.4, 0.5) is 0 Å². The number of carbonyl (C=O) groups is 1. The third-order valence-corrected chi connectivity index (χ3v) is 0.842. The maximum absolute atomic E-state index is 9.98. The van der Waals surface area contributed by atoms with Gasteiger partial charge in [-0.2, -0.15) is 0 Å². The Morgan fingerprint density at radius 3 is 2.22 bits per heavy atom. The van der Waals surface area contributed by atoms with Crippen molar-refractivity contribution in [1.82, 2.24) is 4.98 Å². The number of hydrogen-bond acceptors (Lipinski definition) is 2. The van der Waals surface area contributed by atoms with Crippen LogP contribution in [0.15, 0.2) is 24.5 Å². The first-order chi connectivity index (χ1) is 3.93. The Kier molecular flexibility index (Phi) is 4.21. The fourth-order valence-corrected chi connectivity index (χ4v) is 0.442. The highest BCUT2D eigenvalue weighted by atomic mass is 127. The quantitative estimate of drug-likeness (QED) is 0.545. The Labute approximate surface area is 70.3 Å². The number of aromatic nitrogens is 1. The van der Waals surface area contributed by atoms with Crippen LogP contribution in [-0.2, 0) is 0 Å². The van der Waals surface area contributed by atoms with Crippen molar-refractivity contribution in [3.05, 3.63) is 30.1 Å². The fourth-order valence-electron chi connectivity index (χ4n) is 0.442. The van der Waals surface area contributed by atoms with E-state index in [1.54, 1.807) is 24.5 Å². The molecule has 0 aromatic carbocycles. The van der Waals surface area contributed by atoms with Crippen LogP contribution in [0.5, 0.6) is 0 Å². The van der Waals surface area contributed by atoms with Crippen LogP contribution in [0.3, 0.4) is 0 Å². The molecule has 0 aliphatic carbocycles. The number of pyridine rings is 1. The molecule has 0 aliphatic heterocycles. The highest BCUT2D eigenvalue weighted by Crippen LogP contribution is 1.88. The van der Waals surface area contributed by atoms with E-state index in [9.17, 15) is 4.79 Å². The molecule has 0 saturated carbocycles. The van der Waals surface area contributed by atoms with E-state index in [2.05, 4.69) is 4.98 Å². The molecule has 1 aromatic rings. The number of halogens is 1. The highest BCUT2D eigenvalue weighted by molar-refractivity contribution is 14.0. The smallest absolute Gasteiger partial charge is 0.150 e. The van der Waals surface area contributed by atoms with Gasteiger partial charge in [0.1, 0.15) is 6.29 Å². The maximum Gasteiger partial charge on any atom is 0.150 e. The average Bonchev–Trinajstić information content (AvgIpc) is 1.90. The molecule has 0 spiro atoms. The van der Waals surface area contributed by atoms with Crippen molar-refractivity contribution in [2.24, 2.45) is 0 Å². The van der Waals surface area contributed by atoms with E-state index in [4.69, 9.17) is 0 Å². The first kappa shape index (κ1) is 8.55. The summed E-state index contributed by atoms with van der Waals surface area (Å²) in [6.07, 6.45) is 3.97. The zero-order chi connectivity index (χ0) is 5.82. The largest absolute Gasteiger partial charge is 0.298 e. The summed E-state index contributed by atoms with van der Waals surface area (Å²) in [5.41, 5.74) is 0.667. The van der Waals surface area contributed by atoms with Gasteiger partial charge < -0.3 is 0 Å². The summed E-state index contributed by atoms with van der Waals surface area (Å²) in [4.78, 5) is 13.7. The first-order valence-corrected chi connectivity index (χ1v) is 2.28. The molecule has 0 fully saturated rings. The molecule has 9 heavy (non-hydrogen) atoms. The lowest BCUT2D eigenvalue weighted by molar-refractivity contribution is 0.112. The van der Waals surface area contributed by atoms with Gasteiger partial charge in [0.25, 0.3) is 0 Å². The second-order valence-corrected chi connectivity index (χ2v) is 1.40. The summed E-state index contributed by atoms with van der Waals surface area (Å²) in [7, 11) is 0. The van der Waals surface area contributed by atoms with Crippen LogP contribution in [0.1, 0.15) is 10.4 Å². The van der Waals surface area contributed by atoms with E-state index in [0.717, 1.165) is 6.29 Å². The number of carbonyl (C=O) groups excluding carboxylic acids is 1. The van der Waals surface area contributed by atoms with E-state index in [0.29, 0.717) is 5.56 Å². The molecule has 0 amide bonds. The van der Waals surface area contributed by atoms with Crippen molar-refractivity contribution in [1.29, 1.82) is 0 Å². The zero-order valence-electron chi connectivity index (χ0n) is 4.65. The second kappa shape index (κ2) is 4.43. The Morgan fingerprint density at radius 1 is 1.33 bits per heavy atom. The summed E-state index contributed by atoms with van der Waals surface area (Å²) in [5.74, 6) is 0. The average molecular weight is 235 g/mol. The summed E-state index contributed by atoms with van der Waals surface area (Å²) < 4.78 is 0. The van der Waals surface area contributed by atoms with E-state index in [1.807, 2.05) is 0 Å². The molecule has 2 nitrogen and oxygen atoms in total. The molecule has 0 atom stereocenters. The molecule has 0 unspecified atom stereocenters. The minimum atomic E-state index is 0. The molecule has 0 saturated heterocycles. The zero-order valence-corrected chi connectivity index (χ0v) is 6.98. The predicted molar refractivity (Wildman–Crippen MR) is 45.0 cm³/mol. The van der Waals surface area contributed by atoms with Crippen molar-refractivity contribution in [2.45, 2.75) is 0 Å². The third-order valence-electron chi connectivity index (χ3n) is 0.842. The molecular formula is C6H6INO. The van der Waals surface area contributed by atoms with Gasteiger partial charge in [-0.15, -0.1) is 24.0 Å². The normalized spacial score (nSPS) is 7.56. The van der Waals surface area contributed by atoms with Crippen molar-refractivity contribution < 1.29 is 4.79 Å². The van der Waals surface area contributed by atoms with Gasteiger partial charge in [0, 0.05) is 18.0 Å². The number of aldehydes is 1. The van der Waals surface area contributed by atoms with Gasteiger partial charge in [-0.25, -0.2) is 0 Å². The number of hydrogen-bond donors (Lipinski definition) is 0. The van der Waals surface area contributed by atoms with Gasteiger partial charge in [-0.1, -0.05) is 0 Å². The van der Waals surface area contributed by atoms with Gasteiger partial charge in [-0.05, 0) is 12.1 Å². The Balaban J connectivity index is 0.000000640. The lowest BCUT2D eigenvalue weighted by Crippen LogP contribution is -1.76. The lowest BCUT2D eigenvalue weighted by Gasteiger charge is -1.81. The molecule has 48 valence electrons. The van der Waals surface area contributed by atoms with Crippen LogP contribution in [0.2, 0.25) is 0 Å². The van der Waals surface area contributed by atoms with Gasteiger partial charge in [-0.3, -0.25) is 9.78 Å². The Morgan fingerprint density at radius 2 is 1.89 bits per heavy atom.